The summed E-state index contributed by atoms with van der Waals surface area (Å²) in [5.74, 6) is 0.958. The second kappa shape index (κ2) is 16.9. The molecular formula is C39H42O9S. The van der Waals surface area contributed by atoms with E-state index in [1.54, 1.807) is 50.4 Å². The first-order valence-corrected chi connectivity index (χ1v) is 17.3. The van der Waals surface area contributed by atoms with Gasteiger partial charge in [0, 0.05) is 17.4 Å². The van der Waals surface area contributed by atoms with Gasteiger partial charge in [-0.1, -0.05) is 55.5 Å². The van der Waals surface area contributed by atoms with E-state index < -0.39 is 21.2 Å². The molecule has 4 aromatic carbocycles. The normalized spacial score (nSPS) is 12.4. The third kappa shape index (κ3) is 10.0. The summed E-state index contributed by atoms with van der Waals surface area (Å²) in [5, 5.41) is 0. The van der Waals surface area contributed by atoms with E-state index in [-0.39, 0.29) is 48.6 Å². The van der Waals surface area contributed by atoms with Crippen LogP contribution in [0.2, 0.25) is 0 Å². The predicted octanol–water partition coefficient (Wildman–Crippen LogP) is 7.39. The van der Waals surface area contributed by atoms with Gasteiger partial charge in [-0.2, -0.15) is 0 Å². The maximum absolute atomic E-state index is 13.0. The van der Waals surface area contributed by atoms with E-state index in [1.165, 1.54) is 12.1 Å². The lowest BCUT2D eigenvalue weighted by molar-refractivity contribution is -0.146. The average molecular weight is 687 g/mol. The van der Waals surface area contributed by atoms with Gasteiger partial charge >= 0.3 is 11.9 Å². The Morgan fingerprint density at radius 3 is 1.67 bits per heavy atom. The number of benzene rings is 4. The van der Waals surface area contributed by atoms with E-state index in [1.807, 2.05) is 55.5 Å². The number of carbonyl (C=O) groups is 2. The summed E-state index contributed by atoms with van der Waals surface area (Å²) in [7, 11) is -2.04. The van der Waals surface area contributed by atoms with Crippen molar-refractivity contribution in [1.82, 2.24) is 0 Å². The van der Waals surface area contributed by atoms with Gasteiger partial charge in [0.15, 0.2) is 0 Å². The number of rotatable bonds is 17. The Morgan fingerprint density at radius 1 is 0.694 bits per heavy atom. The van der Waals surface area contributed by atoms with E-state index in [0.717, 1.165) is 22.4 Å². The Hall–Kier alpha value is -4.93. The number of esters is 2. The van der Waals surface area contributed by atoms with Gasteiger partial charge < -0.3 is 23.7 Å². The van der Waals surface area contributed by atoms with Crippen molar-refractivity contribution in [2.24, 2.45) is 0 Å². The molecular weight excluding hydrogens is 644 g/mol. The lowest BCUT2D eigenvalue weighted by atomic mass is 9.73. The van der Waals surface area contributed by atoms with Gasteiger partial charge in [0.1, 0.15) is 30.5 Å². The minimum atomic E-state index is -3.65. The molecule has 4 rings (SSSR count). The smallest absolute Gasteiger partial charge is 0.333 e. The SMILES string of the molecule is C=C(C)C(=O)OCCOCCOC(=O)CCC(C)(c1ccc(OC)cc1)c1ccc(Oc2ccc(S(=O)(=O)c3ccc(C)cc3)cc2)cc1. The number of aryl methyl sites for hydroxylation is 1. The van der Waals surface area contributed by atoms with Crippen LogP contribution < -0.4 is 9.47 Å². The van der Waals surface area contributed by atoms with Crippen LogP contribution in [0.25, 0.3) is 0 Å². The summed E-state index contributed by atoms with van der Waals surface area (Å²) in [6.07, 6.45) is 0.627. The van der Waals surface area contributed by atoms with Crippen molar-refractivity contribution in [3.05, 3.63) is 126 Å². The summed E-state index contributed by atoms with van der Waals surface area (Å²) in [6.45, 7) is 9.61. The molecule has 0 saturated carbocycles. The fourth-order valence-electron chi connectivity index (χ4n) is 5.04. The fourth-order valence-corrected chi connectivity index (χ4v) is 6.30. The molecule has 49 heavy (non-hydrogen) atoms. The van der Waals surface area contributed by atoms with E-state index in [4.69, 9.17) is 23.7 Å². The summed E-state index contributed by atoms with van der Waals surface area (Å²) in [6, 6.07) is 28.4. The van der Waals surface area contributed by atoms with Crippen molar-refractivity contribution in [3.63, 3.8) is 0 Å². The molecule has 0 saturated heterocycles. The van der Waals surface area contributed by atoms with E-state index in [2.05, 4.69) is 13.5 Å². The van der Waals surface area contributed by atoms with Crippen LogP contribution in [0, 0.1) is 6.92 Å². The van der Waals surface area contributed by atoms with E-state index in [0.29, 0.717) is 23.5 Å². The molecule has 10 heteroatoms. The highest BCUT2D eigenvalue weighted by molar-refractivity contribution is 7.91. The first-order chi connectivity index (χ1) is 23.4. The maximum Gasteiger partial charge on any atom is 0.333 e. The molecule has 4 aromatic rings. The molecule has 0 aliphatic carbocycles. The highest BCUT2D eigenvalue weighted by atomic mass is 32.2. The minimum absolute atomic E-state index is 0.0808. The minimum Gasteiger partial charge on any atom is -0.497 e. The van der Waals surface area contributed by atoms with Crippen molar-refractivity contribution in [1.29, 1.82) is 0 Å². The summed E-state index contributed by atoms with van der Waals surface area (Å²) in [4.78, 5) is 24.5. The average Bonchev–Trinajstić information content (AvgIpc) is 3.10. The second-order valence-corrected chi connectivity index (χ2v) is 13.7. The zero-order chi connectivity index (χ0) is 35.4. The lowest BCUT2D eigenvalue weighted by Crippen LogP contribution is -2.25. The van der Waals surface area contributed by atoms with Crippen LogP contribution in [0.4, 0.5) is 0 Å². The highest BCUT2D eigenvalue weighted by Crippen LogP contribution is 2.38. The molecule has 0 aliphatic heterocycles. The Kier molecular flexibility index (Phi) is 12.8. The van der Waals surface area contributed by atoms with Gasteiger partial charge in [0.25, 0.3) is 0 Å². The lowest BCUT2D eigenvalue weighted by Gasteiger charge is -2.31. The topological polar surface area (TPSA) is 114 Å². The largest absolute Gasteiger partial charge is 0.497 e. The van der Waals surface area contributed by atoms with Crippen LogP contribution in [0.1, 0.15) is 43.4 Å². The standard InChI is InChI=1S/C39H42O9S/c1-28(2)38(41)47-27-25-45-24-26-46-37(40)22-23-39(4,30-8-12-32(44-5)13-9-30)31-10-14-33(15-11-31)48-34-16-20-36(21-17-34)49(42,43)35-18-6-29(3)7-19-35/h6-21H,1,22-27H2,2-5H3. The first kappa shape index (κ1) is 36.9. The Morgan fingerprint density at radius 2 is 1.16 bits per heavy atom. The molecule has 0 radical (unpaired) electrons. The van der Waals surface area contributed by atoms with Crippen molar-refractivity contribution in [2.45, 2.75) is 48.8 Å². The highest BCUT2D eigenvalue weighted by Gasteiger charge is 2.30. The van der Waals surface area contributed by atoms with Crippen molar-refractivity contribution < 1.29 is 41.7 Å². The fraction of sp³-hybridized carbons (Fsp3) is 0.282. The Labute approximate surface area is 288 Å². The van der Waals surface area contributed by atoms with Gasteiger partial charge in [-0.05, 0) is 92.1 Å². The molecule has 9 nitrogen and oxygen atoms in total. The number of methoxy groups -OCH3 is 1. The van der Waals surface area contributed by atoms with Gasteiger partial charge in [0.05, 0.1) is 30.1 Å². The molecule has 0 fully saturated rings. The Balaban J connectivity index is 1.39. The molecule has 0 amide bonds. The van der Waals surface area contributed by atoms with Crippen molar-refractivity contribution >= 4 is 21.8 Å². The third-order valence-electron chi connectivity index (χ3n) is 8.05. The molecule has 258 valence electrons. The number of hydrogen-bond acceptors (Lipinski definition) is 9. The molecule has 0 N–H and O–H groups in total. The molecule has 0 spiro atoms. The number of sulfone groups is 1. The zero-order valence-corrected chi connectivity index (χ0v) is 29.1. The summed E-state index contributed by atoms with van der Waals surface area (Å²) >= 11 is 0. The van der Waals surface area contributed by atoms with Gasteiger partial charge in [-0.15, -0.1) is 0 Å². The maximum atomic E-state index is 13.0. The quantitative estimate of drug-likeness (QED) is 0.0637. The van der Waals surface area contributed by atoms with Crippen LogP contribution in [-0.4, -0.2) is 53.9 Å². The summed E-state index contributed by atoms with van der Waals surface area (Å²) < 4.78 is 53.2. The third-order valence-corrected chi connectivity index (χ3v) is 9.83. The molecule has 0 heterocycles. The van der Waals surface area contributed by atoms with Gasteiger partial charge in [-0.3, -0.25) is 4.79 Å². The van der Waals surface area contributed by atoms with E-state index >= 15 is 0 Å². The van der Waals surface area contributed by atoms with Gasteiger partial charge in [0.2, 0.25) is 9.84 Å². The molecule has 1 atom stereocenters. The molecule has 0 bridgehead atoms. The van der Waals surface area contributed by atoms with Crippen LogP contribution in [-0.2, 0) is 39.1 Å². The molecule has 0 aliphatic rings. The monoisotopic (exact) mass is 686 g/mol. The Bertz CT molecular complexity index is 1810. The van der Waals surface area contributed by atoms with Crippen molar-refractivity contribution in [2.75, 3.05) is 33.5 Å². The first-order valence-electron chi connectivity index (χ1n) is 15.8. The van der Waals surface area contributed by atoms with Crippen LogP contribution in [0.5, 0.6) is 17.2 Å². The predicted molar refractivity (Wildman–Crippen MR) is 186 cm³/mol. The number of carbonyl (C=O) groups excluding carboxylic acids is 2. The second-order valence-electron chi connectivity index (χ2n) is 11.7. The number of hydrogen-bond donors (Lipinski definition) is 0. The van der Waals surface area contributed by atoms with Crippen molar-refractivity contribution in [3.8, 4) is 17.2 Å². The zero-order valence-electron chi connectivity index (χ0n) is 28.3. The van der Waals surface area contributed by atoms with Crippen LogP contribution in [0.15, 0.2) is 119 Å². The summed E-state index contributed by atoms with van der Waals surface area (Å²) in [5.41, 5.74) is 2.70. The van der Waals surface area contributed by atoms with E-state index in [9.17, 15) is 18.0 Å². The molecule has 1 unspecified atom stereocenters. The van der Waals surface area contributed by atoms with Gasteiger partial charge in [-0.25, -0.2) is 13.2 Å². The number of ether oxygens (including phenoxy) is 5. The van der Waals surface area contributed by atoms with Crippen LogP contribution in [0.3, 0.4) is 0 Å². The van der Waals surface area contributed by atoms with Crippen LogP contribution >= 0.6 is 0 Å². The molecule has 0 aromatic heterocycles.